The predicted octanol–water partition coefficient (Wildman–Crippen LogP) is 3.09. The first kappa shape index (κ1) is 11.7. The predicted molar refractivity (Wildman–Crippen MR) is 72.9 cm³/mol. The van der Waals surface area contributed by atoms with Gasteiger partial charge in [-0.1, -0.05) is 15.9 Å². The molecule has 2 nitrogen and oxygen atoms in total. The van der Waals surface area contributed by atoms with Crippen LogP contribution in [0.4, 0.5) is 0 Å². The average molecular weight is 281 g/mol. The Morgan fingerprint density at radius 3 is 2.94 bits per heavy atom. The molecular formula is C13H17BrN2. The molecule has 1 aromatic heterocycles. The van der Waals surface area contributed by atoms with Gasteiger partial charge in [0.1, 0.15) is 0 Å². The van der Waals surface area contributed by atoms with E-state index < -0.39 is 0 Å². The van der Waals surface area contributed by atoms with E-state index in [1.165, 1.54) is 22.9 Å². The van der Waals surface area contributed by atoms with Gasteiger partial charge in [-0.25, -0.2) is 0 Å². The van der Waals surface area contributed by atoms with Gasteiger partial charge in [0, 0.05) is 28.6 Å². The molecule has 2 aromatic rings. The van der Waals surface area contributed by atoms with E-state index in [1.54, 1.807) is 0 Å². The first-order valence-electron chi connectivity index (χ1n) is 5.60. The van der Waals surface area contributed by atoms with E-state index in [-0.39, 0.29) is 0 Å². The van der Waals surface area contributed by atoms with Gasteiger partial charge in [-0.05, 0) is 50.2 Å². The van der Waals surface area contributed by atoms with Gasteiger partial charge >= 0.3 is 0 Å². The maximum atomic E-state index is 3.54. The van der Waals surface area contributed by atoms with Crippen molar-refractivity contribution in [3.8, 4) is 0 Å². The largest absolute Gasteiger partial charge is 0.350 e. The van der Waals surface area contributed by atoms with E-state index in [1.807, 2.05) is 7.05 Å². The fraction of sp³-hybridized carbons (Fsp3) is 0.385. The van der Waals surface area contributed by atoms with Gasteiger partial charge in [-0.15, -0.1) is 0 Å². The number of aryl methyl sites for hydroxylation is 2. The molecule has 0 radical (unpaired) electrons. The summed E-state index contributed by atoms with van der Waals surface area (Å²) in [6.07, 6.45) is 4.56. The third kappa shape index (κ3) is 2.30. The number of nitrogens with zero attached hydrogens (tertiary/aromatic N) is 1. The van der Waals surface area contributed by atoms with Crippen LogP contribution in [0.5, 0.6) is 0 Å². The second-order valence-electron chi connectivity index (χ2n) is 4.13. The monoisotopic (exact) mass is 280 g/mol. The zero-order valence-electron chi connectivity index (χ0n) is 9.76. The Kier molecular flexibility index (Phi) is 3.66. The van der Waals surface area contributed by atoms with Gasteiger partial charge in [0.2, 0.25) is 0 Å². The first-order valence-corrected chi connectivity index (χ1v) is 6.39. The summed E-state index contributed by atoms with van der Waals surface area (Å²) < 4.78 is 3.36. The summed E-state index contributed by atoms with van der Waals surface area (Å²) in [6.45, 7) is 1.07. The molecular weight excluding hydrogens is 264 g/mol. The molecule has 86 valence electrons. The van der Waals surface area contributed by atoms with E-state index in [0.29, 0.717) is 0 Å². The van der Waals surface area contributed by atoms with Crippen LogP contribution in [0.2, 0.25) is 0 Å². The van der Waals surface area contributed by atoms with Crippen molar-refractivity contribution in [3.05, 3.63) is 34.4 Å². The lowest BCUT2D eigenvalue weighted by molar-refractivity contribution is 0.725. The number of nitrogens with one attached hydrogen (secondary N) is 1. The molecule has 1 heterocycles. The van der Waals surface area contributed by atoms with Crippen molar-refractivity contribution in [2.45, 2.75) is 12.8 Å². The van der Waals surface area contributed by atoms with Gasteiger partial charge in [-0.2, -0.15) is 0 Å². The molecule has 0 fully saturated rings. The third-order valence-electron chi connectivity index (χ3n) is 2.91. The second-order valence-corrected chi connectivity index (χ2v) is 5.05. The number of hydrogen-bond donors (Lipinski definition) is 1. The van der Waals surface area contributed by atoms with E-state index in [0.717, 1.165) is 17.4 Å². The normalized spacial score (nSPS) is 11.2. The highest BCUT2D eigenvalue weighted by Gasteiger charge is 2.06. The number of aromatic nitrogens is 1. The van der Waals surface area contributed by atoms with Crippen molar-refractivity contribution in [1.82, 2.24) is 9.88 Å². The van der Waals surface area contributed by atoms with E-state index in [9.17, 15) is 0 Å². The smallest absolute Gasteiger partial charge is 0.0481 e. The summed E-state index contributed by atoms with van der Waals surface area (Å²) in [7, 11) is 4.11. The molecule has 16 heavy (non-hydrogen) atoms. The Balaban J connectivity index is 2.33. The molecule has 0 atom stereocenters. The van der Waals surface area contributed by atoms with Crippen molar-refractivity contribution in [2.24, 2.45) is 7.05 Å². The molecule has 1 aromatic carbocycles. The Morgan fingerprint density at radius 2 is 2.19 bits per heavy atom. The van der Waals surface area contributed by atoms with Crippen LogP contribution in [0.3, 0.4) is 0 Å². The van der Waals surface area contributed by atoms with Crippen LogP contribution in [0.15, 0.2) is 28.9 Å². The zero-order valence-corrected chi connectivity index (χ0v) is 11.3. The number of rotatable bonds is 4. The molecule has 0 spiro atoms. The van der Waals surface area contributed by atoms with Crippen LogP contribution >= 0.6 is 15.9 Å². The molecule has 1 N–H and O–H groups in total. The molecule has 0 bridgehead atoms. The number of hydrogen-bond acceptors (Lipinski definition) is 1. The van der Waals surface area contributed by atoms with Crippen LogP contribution in [0, 0.1) is 0 Å². The van der Waals surface area contributed by atoms with Crippen molar-refractivity contribution in [1.29, 1.82) is 0 Å². The van der Waals surface area contributed by atoms with Gasteiger partial charge in [0.05, 0.1) is 0 Å². The highest BCUT2D eigenvalue weighted by atomic mass is 79.9. The van der Waals surface area contributed by atoms with Crippen molar-refractivity contribution in [2.75, 3.05) is 13.6 Å². The van der Waals surface area contributed by atoms with Gasteiger partial charge in [-0.3, -0.25) is 0 Å². The highest BCUT2D eigenvalue weighted by Crippen LogP contribution is 2.25. The van der Waals surface area contributed by atoms with E-state index in [2.05, 4.69) is 57.3 Å². The van der Waals surface area contributed by atoms with Crippen LogP contribution < -0.4 is 5.32 Å². The number of benzene rings is 1. The minimum atomic E-state index is 1.07. The van der Waals surface area contributed by atoms with Crippen LogP contribution in [-0.2, 0) is 13.5 Å². The van der Waals surface area contributed by atoms with Crippen molar-refractivity contribution >= 4 is 26.8 Å². The second kappa shape index (κ2) is 5.02. The molecule has 0 aliphatic rings. The third-order valence-corrected chi connectivity index (χ3v) is 3.40. The lowest BCUT2D eigenvalue weighted by Gasteiger charge is -1.99. The van der Waals surface area contributed by atoms with Crippen molar-refractivity contribution in [3.63, 3.8) is 0 Å². The summed E-state index contributed by atoms with van der Waals surface area (Å²) in [6, 6.07) is 6.48. The summed E-state index contributed by atoms with van der Waals surface area (Å²) in [5.74, 6) is 0. The average Bonchev–Trinajstić information content (AvgIpc) is 2.56. The number of halogens is 1. The summed E-state index contributed by atoms with van der Waals surface area (Å²) in [5.41, 5.74) is 2.75. The summed E-state index contributed by atoms with van der Waals surface area (Å²) >= 11 is 3.54. The summed E-state index contributed by atoms with van der Waals surface area (Å²) in [4.78, 5) is 0. The minimum absolute atomic E-state index is 1.07. The van der Waals surface area contributed by atoms with Gasteiger partial charge < -0.3 is 9.88 Å². The van der Waals surface area contributed by atoms with Crippen molar-refractivity contribution < 1.29 is 0 Å². The first-order chi connectivity index (χ1) is 7.72. The molecule has 0 amide bonds. The van der Waals surface area contributed by atoms with Crippen LogP contribution in [-0.4, -0.2) is 18.2 Å². The molecule has 0 unspecified atom stereocenters. The zero-order chi connectivity index (χ0) is 11.5. The van der Waals surface area contributed by atoms with Crippen LogP contribution in [0.25, 0.3) is 10.9 Å². The molecule has 0 saturated heterocycles. The summed E-state index contributed by atoms with van der Waals surface area (Å²) in [5, 5.41) is 4.56. The topological polar surface area (TPSA) is 17.0 Å². The Morgan fingerprint density at radius 1 is 1.38 bits per heavy atom. The fourth-order valence-electron chi connectivity index (χ4n) is 2.10. The molecule has 0 aliphatic carbocycles. The molecule has 2 rings (SSSR count). The van der Waals surface area contributed by atoms with E-state index in [4.69, 9.17) is 0 Å². The lowest BCUT2D eigenvalue weighted by Crippen LogP contribution is -2.08. The Bertz CT molecular complexity index is 488. The van der Waals surface area contributed by atoms with Crippen LogP contribution in [0.1, 0.15) is 12.0 Å². The SMILES string of the molecule is CNCCCc1cn(C)c2ccc(Br)cc12. The minimum Gasteiger partial charge on any atom is -0.350 e. The molecule has 3 heteroatoms. The number of fused-ring (bicyclic) bond motifs is 1. The maximum absolute atomic E-state index is 3.54. The molecule has 0 aliphatic heterocycles. The quantitative estimate of drug-likeness (QED) is 0.852. The molecule has 0 saturated carbocycles. The lowest BCUT2D eigenvalue weighted by atomic mass is 10.1. The van der Waals surface area contributed by atoms with E-state index >= 15 is 0 Å². The highest BCUT2D eigenvalue weighted by molar-refractivity contribution is 9.10. The Labute approximate surface area is 105 Å². The van der Waals surface area contributed by atoms with Gasteiger partial charge in [0.25, 0.3) is 0 Å². The Hall–Kier alpha value is -0.800. The maximum Gasteiger partial charge on any atom is 0.0481 e. The standard InChI is InChI=1S/C13H17BrN2/c1-15-7-3-4-10-9-16(2)13-6-5-11(14)8-12(10)13/h5-6,8-9,15H,3-4,7H2,1-2H3. The fourth-order valence-corrected chi connectivity index (χ4v) is 2.46. The van der Waals surface area contributed by atoms with Gasteiger partial charge in [0.15, 0.2) is 0 Å².